The first-order valence-electron chi connectivity index (χ1n) is 6.37. The molecule has 0 unspecified atom stereocenters. The van der Waals surface area contributed by atoms with E-state index in [1.54, 1.807) is 0 Å². The van der Waals surface area contributed by atoms with E-state index in [-0.39, 0.29) is 5.91 Å². The van der Waals surface area contributed by atoms with Gasteiger partial charge in [0.15, 0.2) is 0 Å². The molecule has 0 bridgehead atoms. The van der Waals surface area contributed by atoms with E-state index in [9.17, 15) is 4.79 Å². The quantitative estimate of drug-likeness (QED) is 0.717. The first-order chi connectivity index (χ1) is 8.63. The molecule has 0 saturated carbocycles. The molecule has 0 spiro atoms. The first kappa shape index (κ1) is 14.5. The van der Waals surface area contributed by atoms with Crippen molar-refractivity contribution in [3.05, 3.63) is 29.8 Å². The molecular formula is C14H23N3O. The van der Waals surface area contributed by atoms with Crippen molar-refractivity contribution in [2.75, 3.05) is 32.1 Å². The van der Waals surface area contributed by atoms with Crippen molar-refractivity contribution in [1.29, 1.82) is 0 Å². The lowest BCUT2D eigenvalue weighted by molar-refractivity contribution is -0.120. The highest BCUT2D eigenvalue weighted by Gasteiger charge is 2.00. The fraction of sp³-hybridized carbons (Fsp3) is 0.500. The molecular weight excluding hydrogens is 226 g/mol. The molecule has 4 nitrogen and oxygen atoms in total. The fourth-order valence-corrected chi connectivity index (χ4v) is 1.55. The highest BCUT2D eigenvalue weighted by Crippen LogP contribution is 2.11. The Bertz CT molecular complexity index is 360. The summed E-state index contributed by atoms with van der Waals surface area (Å²) in [6.45, 7) is 3.94. The summed E-state index contributed by atoms with van der Waals surface area (Å²) >= 11 is 0. The van der Waals surface area contributed by atoms with E-state index >= 15 is 0 Å². The predicted molar refractivity (Wildman–Crippen MR) is 75.8 cm³/mol. The molecule has 2 N–H and O–H groups in total. The number of anilines is 1. The van der Waals surface area contributed by atoms with Crippen molar-refractivity contribution < 1.29 is 4.79 Å². The number of carbonyl (C=O) groups is 1. The van der Waals surface area contributed by atoms with Crippen molar-refractivity contribution in [3.63, 3.8) is 0 Å². The molecule has 100 valence electrons. The van der Waals surface area contributed by atoms with Crippen LogP contribution in [-0.4, -0.2) is 33.1 Å². The van der Waals surface area contributed by atoms with Gasteiger partial charge in [0.2, 0.25) is 5.91 Å². The molecule has 0 aliphatic carbocycles. The number of amides is 1. The van der Waals surface area contributed by atoms with Gasteiger partial charge in [-0.05, 0) is 30.7 Å². The van der Waals surface area contributed by atoms with E-state index in [1.165, 1.54) is 0 Å². The van der Waals surface area contributed by atoms with E-state index in [1.807, 2.05) is 26.2 Å². The number of rotatable bonds is 7. The van der Waals surface area contributed by atoms with E-state index in [4.69, 9.17) is 0 Å². The molecule has 0 atom stereocenters. The van der Waals surface area contributed by atoms with Crippen LogP contribution in [0.15, 0.2) is 24.3 Å². The summed E-state index contributed by atoms with van der Waals surface area (Å²) in [6, 6.07) is 8.18. The van der Waals surface area contributed by atoms with Gasteiger partial charge in [-0.1, -0.05) is 19.1 Å². The maximum absolute atomic E-state index is 11.5. The third-order valence-corrected chi connectivity index (χ3v) is 2.65. The monoisotopic (exact) mass is 249 g/mol. The second-order valence-electron chi connectivity index (χ2n) is 4.51. The van der Waals surface area contributed by atoms with Gasteiger partial charge in [-0.25, -0.2) is 0 Å². The van der Waals surface area contributed by atoms with Gasteiger partial charge in [0, 0.05) is 26.3 Å². The first-order valence-corrected chi connectivity index (χ1v) is 6.37. The number of hydrogen-bond acceptors (Lipinski definition) is 3. The molecule has 1 aromatic carbocycles. The van der Waals surface area contributed by atoms with Gasteiger partial charge < -0.3 is 15.5 Å². The highest BCUT2D eigenvalue weighted by atomic mass is 16.1. The van der Waals surface area contributed by atoms with Crippen LogP contribution in [0, 0.1) is 0 Å². The summed E-state index contributed by atoms with van der Waals surface area (Å²) < 4.78 is 0. The molecule has 0 heterocycles. The minimum absolute atomic E-state index is 0.0418. The SMILES string of the molecule is CCCNCC(=O)NCc1ccc(N(C)C)cc1. The van der Waals surface area contributed by atoms with E-state index < -0.39 is 0 Å². The number of nitrogens with one attached hydrogen (secondary N) is 2. The lowest BCUT2D eigenvalue weighted by atomic mass is 10.2. The predicted octanol–water partition coefficient (Wildman–Crippen LogP) is 1.37. The molecule has 18 heavy (non-hydrogen) atoms. The molecule has 0 radical (unpaired) electrons. The standard InChI is InChI=1S/C14H23N3O/c1-4-9-15-11-14(18)16-10-12-5-7-13(8-6-12)17(2)3/h5-8,15H,4,9-11H2,1-3H3,(H,16,18). The van der Waals surface area contributed by atoms with Crippen molar-refractivity contribution in [2.24, 2.45) is 0 Å². The Morgan fingerprint density at radius 3 is 2.44 bits per heavy atom. The van der Waals surface area contributed by atoms with Crippen LogP contribution < -0.4 is 15.5 Å². The molecule has 0 saturated heterocycles. The molecule has 1 rings (SSSR count). The van der Waals surface area contributed by atoms with Crippen LogP contribution >= 0.6 is 0 Å². The minimum atomic E-state index is 0.0418. The van der Waals surface area contributed by atoms with Crippen LogP contribution in [0.5, 0.6) is 0 Å². The van der Waals surface area contributed by atoms with Crippen LogP contribution in [0.3, 0.4) is 0 Å². The fourth-order valence-electron chi connectivity index (χ4n) is 1.55. The molecule has 4 heteroatoms. The molecule has 0 fully saturated rings. The summed E-state index contributed by atoms with van der Waals surface area (Å²) in [5.41, 5.74) is 2.28. The van der Waals surface area contributed by atoms with Gasteiger partial charge in [-0.3, -0.25) is 4.79 Å². The van der Waals surface area contributed by atoms with Gasteiger partial charge in [-0.2, -0.15) is 0 Å². The molecule has 1 amide bonds. The zero-order valence-corrected chi connectivity index (χ0v) is 11.5. The van der Waals surface area contributed by atoms with Gasteiger partial charge in [0.25, 0.3) is 0 Å². The third kappa shape index (κ3) is 5.19. The van der Waals surface area contributed by atoms with Crippen LogP contribution in [0.1, 0.15) is 18.9 Å². The van der Waals surface area contributed by atoms with Crippen LogP contribution in [0.4, 0.5) is 5.69 Å². The van der Waals surface area contributed by atoms with Crippen molar-refractivity contribution in [1.82, 2.24) is 10.6 Å². The van der Waals surface area contributed by atoms with Crippen LogP contribution in [0.2, 0.25) is 0 Å². The van der Waals surface area contributed by atoms with Gasteiger partial charge >= 0.3 is 0 Å². The zero-order valence-electron chi connectivity index (χ0n) is 11.5. The minimum Gasteiger partial charge on any atom is -0.378 e. The van der Waals surface area contributed by atoms with Gasteiger partial charge in [0.1, 0.15) is 0 Å². The Balaban J connectivity index is 2.32. The van der Waals surface area contributed by atoms with Gasteiger partial charge in [0.05, 0.1) is 6.54 Å². The summed E-state index contributed by atoms with van der Waals surface area (Å²) in [6.07, 6.45) is 1.04. The second-order valence-corrected chi connectivity index (χ2v) is 4.51. The Hall–Kier alpha value is -1.55. The summed E-state index contributed by atoms with van der Waals surface area (Å²) in [5.74, 6) is 0.0418. The van der Waals surface area contributed by atoms with Crippen molar-refractivity contribution >= 4 is 11.6 Å². The lowest BCUT2D eigenvalue weighted by Crippen LogP contribution is -2.33. The maximum Gasteiger partial charge on any atom is 0.234 e. The van der Waals surface area contributed by atoms with Crippen LogP contribution in [-0.2, 0) is 11.3 Å². The average molecular weight is 249 g/mol. The summed E-state index contributed by atoms with van der Waals surface area (Å²) in [4.78, 5) is 13.5. The lowest BCUT2D eigenvalue weighted by Gasteiger charge is -2.13. The zero-order chi connectivity index (χ0) is 13.4. The van der Waals surface area contributed by atoms with E-state index in [2.05, 4.69) is 34.6 Å². The number of benzene rings is 1. The average Bonchev–Trinajstić information content (AvgIpc) is 2.37. The van der Waals surface area contributed by atoms with Crippen molar-refractivity contribution in [3.8, 4) is 0 Å². The second kappa shape index (κ2) is 7.71. The Labute approximate surface area is 109 Å². The van der Waals surface area contributed by atoms with E-state index in [0.29, 0.717) is 13.1 Å². The van der Waals surface area contributed by atoms with E-state index in [0.717, 1.165) is 24.2 Å². The van der Waals surface area contributed by atoms with Gasteiger partial charge in [-0.15, -0.1) is 0 Å². The molecule has 0 aliphatic heterocycles. The molecule has 1 aromatic rings. The van der Waals surface area contributed by atoms with Crippen LogP contribution in [0.25, 0.3) is 0 Å². The Kier molecular flexibility index (Phi) is 6.22. The smallest absolute Gasteiger partial charge is 0.234 e. The largest absolute Gasteiger partial charge is 0.378 e. The number of nitrogens with zero attached hydrogens (tertiary/aromatic N) is 1. The Morgan fingerprint density at radius 1 is 1.22 bits per heavy atom. The number of hydrogen-bond donors (Lipinski definition) is 2. The summed E-state index contributed by atoms with van der Waals surface area (Å²) in [7, 11) is 4.02. The third-order valence-electron chi connectivity index (χ3n) is 2.65. The topological polar surface area (TPSA) is 44.4 Å². The Morgan fingerprint density at radius 2 is 1.89 bits per heavy atom. The normalized spacial score (nSPS) is 10.2. The summed E-state index contributed by atoms with van der Waals surface area (Å²) in [5, 5.41) is 5.97. The maximum atomic E-state index is 11.5. The van der Waals surface area contributed by atoms with Crippen molar-refractivity contribution in [2.45, 2.75) is 19.9 Å². The highest BCUT2D eigenvalue weighted by molar-refractivity contribution is 5.77. The molecule has 0 aromatic heterocycles. The number of carbonyl (C=O) groups excluding carboxylic acids is 1. The molecule has 0 aliphatic rings.